The van der Waals surface area contributed by atoms with Crippen LogP contribution in [0, 0.1) is 0 Å². The molecule has 2 N–H and O–H groups in total. The second-order valence-corrected chi connectivity index (χ2v) is 3.83. The highest BCUT2D eigenvalue weighted by Gasteiger charge is 2.17. The third-order valence-corrected chi connectivity index (χ3v) is 2.73. The third kappa shape index (κ3) is 2.89. The van der Waals surface area contributed by atoms with Crippen LogP contribution in [0.3, 0.4) is 0 Å². The van der Waals surface area contributed by atoms with Crippen molar-refractivity contribution in [2.45, 2.75) is 12.5 Å². The van der Waals surface area contributed by atoms with Gasteiger partial charge < -0.3 is 10.5 Å². The highest BCUT2D eigenvalue weighted by molar-refractivity contribution is 5.85. The molecule has 0 radical (unpaired) electrons. The van der Waals surface area contributed by atoms with Gasteiger partial charge in [0.25, 0.3) is 6.43 Å². The average molecular weight is 274 g/mol. The SMILES string of the molecule is COc1ccc2cc([C@@H](N)C(F)F)ccc2c1.Cl. The lowest BCUT2D eigenvalue weighted by molar-refractivity contribution is 0.116. The van der Waals surface area contributed by atoms with Crippen molar-refractivity contribution >= 4 is 23.2 Å². The van der Waals surface area contributed by atoms with Crippen LogP contribution in [0.5, 0.6) is 5.75 Å². The van der Waals surface area contributed by atoms with Crippen LogP contribution in [0.15, 0.2) is 36.4 Å². The molecule has 2 aromatic rings. The zero-order chi connectivity index (χ0) is 12.4. The van der Waals surface area contributed by atoms with Gasteiger partial charge in [-0.25, -0.2) is 8.78 Å². The Kier molecular flexibility index (Phi) is 4.87. The molecule has 0 saturated carbocycles. The topological polar surface area (TPSA) is 35.2 Å². The summed E-state index contributed by atoms with van der Waals surface area (Å²) in [6.07, 6.45) is -2.55. The van der Waals surface area contributed by atoms with Crippen molar-refractivity contribution in [3.63, 3.8) is 0 Å². The van der Waals surface area contributed by atoms with Crippen molar-refractivity contribution in [3.05, 3.63) is 42.0 Å². The number of nitrogens with two attached hydrogens (primary N) is 1. The average Bonchev–Trinajstić information content (AvgIpc) is 2.36. The van der Waals surface area contributed by atoms with Gasteiger partial charge in [-0.15, -0.1) is 12.4 Å². The zero-order valence-corrected chi connectivity index (χ0v) is 10.6. The molecule has 0 spiro atoms. The second-order valence-electron chi connectivity index (χ2n) is 3.83. The van der Waals surface area contributed by atoms with Crippen LogP contribution in [0.4, 0.5) is 8.78 Å². The molecule has 0 aliphatic carbocycles. The minimum atomic E-state index is -2.55. The molecule has 0 unspecified atom stereocenters. The summed E-state index contributed by atoms with van der Waals surface area (Å²) >= 11 is 0. The van der Waals surface area contributed by atoms with Gasteiger partial charge in [0.2, 0.25) is 0 Å². The van der Waals surface area contributed by atoms with Gasteiger partial charge in [-0.05, 0) is 34.5 Å². The fourth-order valence-corrected chi connectivity index (χ4v) is 1.72. The quantitative estimate of drug-likeness (QED) is 0.928. The maximum atomic E-state index is 12.5. The van der Waals surface area contributed by atoms with E-state index in [2.05, 4.69) is 0 Å². The number of hydrogen-bond donors (Lipinski definition) is 1. The molecule has 98 valence electrons. The van der Waals surface area contributed by atoms with Gasteiger partial charge in [0.1, 0.15) is 5.75 Å². The third-order valence-electron chi connectivity index (χ3n) is 2.73. The lowest BCUT2D eigenvalue weighted by Crippen LogP contribution is -2.18. The van der Waals surface area contributed by atoms with Crippen LogP contribution in [0.25, 0.3) is 10.8 Å². The summed E-state index contributed by atoms with van der Waals surface area (Å²) in [5.74, 6) is 0.739. The molecule has 0 amide bonds. The molecule has 18 heavy (non-hydrogen) atoms. The smallest absolute Gasteiger partial charge is 0.257 e. The first-order chi connectivity index (χ1) is 8.11. The largest absolute Gasteiger partial charge is 0.497 e. The summed E-state index contributed by atoms with van der Waals surface area (Å²) in [5, 5.41) is 1.81. The van der Waals surface area contributed by atoms with Crippen LogP contribution >= 0.6 is 12.4 Å². The zero-order valence-electron chi connectivity index (χ0n) is 9.77. The number of rotatable bonds is 3. The second kappa shape index (κ2) is 5.98. The summed E-state index contributed by atoms with van der Waals surface area (Å²) in [6, 6.07) is 9.32. The molecule has 2 aromatic carbocycles. The van der Waals surface area contributed by atoms with E-state index in [0.717, 1.165) is 16.5 Å². The molecule has 1 atom stereocenters. The van der Waals surface area contributed by atoms with E-state index in [1.165, 1.54) is 0 Å². The Hall–Kier alpha value is -1.39. The van der Waals surface area contributed by atoms with Crippen LogP contribution in [0.2, 0.25) is 0 Å². The summed E-state index contributed by atoms with van der Waals surface area (Å²) in [6.45, 7) is 0. The summed E-state index contributed by atoms with van der Waals surface area (Å²) in [4.78, 5) is 0. The molecule has 0 aliphatic rings. The first-order valence-electron chi connectivity index (χ1n) is 5.23. The fraction of sp³-hybridized carbons (Fsp3) is 0.231. The Balaban J connectivity index is 0.00000162. The first-order valence-corrected chi connectivity index (χ1v) is 5.23. The minimum Gasteiger partial charge on any atom is -0.497 e. The molecular weight excluding hydrogens is 260 g/mol. The highest BCUT2D eigenvalue weighted by Crippen LogP contribution is 2.25. The Labute approximate surface area is 110 Å². The normalized spacial score (nSPS) is 12.3. The number of halogens is 3. The molecule has 0 bridgehead atoms. The van der Waals surface area contributed by atoms with E-state index in [0.29, 0.717) is 5.56 Å². The van der Waals surface area contributed by atoms with E-state index in [1.807, 2.05) is 12.1 Å². The van der Waals surface area contributed by atoms with E-state index < -0.39 is 12.5 Å². The first kappa shape index (κ1) is 14.7. The minimum absolute atomic E-state index is 0. The van der Waals surface area contributed by atoms with Crippen LogP contribution in [0.1, 0.15) is 11.6 Å². The van der Waals surface area contributed by atoms with Gasteiger partial charge in [-0.3, -0.25) is 0 Å². The predicted octanol–water partition coefficient (Wildman–Crippen LogP) is 3.54. The van der Waals surface area contributed by atoms with Gasteiger partial charge in [0.15, 0.2) is 0 Å². The van der Waals surface area contributed by atoms with Crippen molar-refractivity contribution in [1.29, 1.82) is 0 Å². The number of ether oxygens (including phenoxy) is 1. The van der Waals surface area contributed by atoms with E-state index >= 15 is 0 Å². The van der Waals surface area contributed by atoms with Crippen LogP contribution < -0.4 is 10.5 Å². The Morgan fingerprint density at radius 3 is 2.28 bits per heavy atom. The molecule has 0 aliphatic heterocycles. The summed E-state index contributed by atoms with van der Waals surface area (Å²) in [7, 11) is 1.59. The maximum absolute atomic E-state index is 12.5. The molecule has 0 aromatic heterocycles. The number of fused-ring (bicyclic) bond motifs is 1. The van der Waals surface area contributed by atoms with Crippen molar-refractivity contribution < 1.29 is 13.5 Å². The number of methoxy groups -OCH3 is 1. The van der Waals surface area contributed by atoms with E-state index in [4.69, 9.17) is 10.5 Å². The highest BCUT2D eigenvalue weighted by atomic mass is 35.5. The number of alkyl halides is 2. The summed E-state index contributed by atoms with van der Waals surface area (Å²) in [5.41, 5.74) is 5.85. The molecule has 0 fully saturated rings. The van der Waals surface area contributed by atoms with Gasteiger partial charge in [-0.1, -0.05) is 18.2 Å². The molecule has 2 rings (SSSR count). The van der Waals surface area contributed by atoms with Gasteiger partial charge >= 0.3 is 0 Å². The van der Waals surface area contributed by atoms with E-state index in [9.17, 15) is 8.78 Å². The molecule has 0 saturated heterocycles. The fourth-order valence-electron chi connectivity index (χ4n) is 1.72. The lowest BCUT2D eigenvalue weighted by Gasteiger charge is -2.11. The standard InChI is InChI=1S/C13H13F2NO.ClH/c1-17-11-5-4-8-6-10(12(16)13(14)15)3-2-9(8)7-11;/h2-7,12-13H,16H2,1H3;1H/t12-;/m1./s1. The van der Waals surface area contributed by atoms with E-state index in [-0.39, 0.29) is 12.4 Å². The van der Waals surface area contributed by atoms with Gasteiger partial charge in [0.05, 0.1) is 13.2 Å². The maximum Gasteiger partial charge on any atom is 0.257 e. The van der Waals surface area contributed by atoms with Crippen molar-refractivity contribution in [2.75, 3.05) is 7.11 Å². The molecular formula is C13H14ClF2NO. The van der Waals surface area contributed by atoms with Crippen molar-refractivity contribution in [2.24, 2.45) is 5.73 Å². The predicted molar refractivity (Wildman–Crippen MR) is 70.7 cm³/mol. The van der Waals surface area contributed by atoms with Crippen molar-refractivity contribution in [1.82, 2.24) is 0 Å². The number of hydrogen-bond acceptors (Lipinski definition) is 2. The van der Waals surface area contributed by atoms with Crippen molar-refractivity contribution in [3.8, 4) is 5.75 Å². The Morgan fingerprint density at radius 1 is 1.06 bits per heavy atom. The molecule has 5 heteroatoms. The number of benzene rings is 2. The Bertz CT molecular complexity index is 533. The lowest BCUT2D eigenvalue weighted by atomic mass is 10.0. The summed E-state index contributed by atoms with van der Waals surface area (Å²) < 4.78 is 30.1. The Morgan fingerprint density at radius 2 is 1.67 bits per heavy atom. The molecule has 0 heterocycles. The van der Waals surface area contributed by atoms with E-state index in [1.54, 1.807) is 31.4 Å². The van der Waals surface area contributed by atoms with Crippen LogP contribution in [-0.4, -0.2) is 13.5 Å². The van der Waals surface area contributed by atoms with Crippen LogP contribution in [-0.2, 0) is 0 Å². The molecule has 2 nitrogen and oxygen atoms in total. The van der Waals surface area contributed by atoms with Gasteiger partial charge in [-0.2, -0.15) is 0 Å². The van der Waals surface area contributed by atoms with Gasteiger partial charge in [0, 0.05) is 0 Å². The monoisotopic (exact) mass is 273 g/mol.